The number of hydrogen-bond donors (Lipinski definition) is 2. The van der Waals surface area contributed by atoms with Gasteiger partial charge < -0.3 is 24.1 Å². The van der Waals surface area contributed by atoms with Crippen LogP contribution in [0.15, 0.2) is 47.3 Å². The van der Waals surface area contributed by atoms with Gasteiger partial charge in [0, 0.05) is 22.3 Å². The van der Waals surface area contributed by atoms with Crippen molar-refractivity contribution < 1.29 is 38.5 Å². The number of ketones is 1. The number of rotatable bonds is 4. The van der Waals surface area contributed by atoms with Crippen LogP contribution in [0.4, 0.5) is 0 Å². The normalized spacial score (nSPS) is 39.5. The van der Waals surface area contributed by atoms with E-state index in [1.54, 1.807) is 26.0 Å². The van der Waals surface area contributed by atoms with Crippen molar-refractivity contribution in [3.8, 4) is 0 Å². The first-order chi connectivity index (χ1) is 16.2. The number of aliphatic hydroxyl groups excluding tert-OH is 1. The van der Waals surface area contributed by atoms with Gasteiger partial charge in [0.25, 0.3) is 0 Å². The van der Waals surface area contributed by atoms with Crippen molar-refractivity contribution >= 4 is 17.7 Å². The maximum atomic E-state index is 12.9. The van der Waals surface area contributed by atoms with Gasteiger partial charge in [-0.25, -0.2) is 4.79 Å². The lowest BCUT2D eigenvalue weighted by atomic mass is 9.45. The van der Waals surface area contributed by atoms with Gasteiger partial charge in [0.1, 0.15) is 11.7 Å². The third-order valence-corrected chi connectivity index (χ3v) is 9.11. The lowest BCUT2D eigenvalue weighted by Crippen LogP contribution is -2.63. The summed E-state index contributed by atoms with van der Waals surface area (Å²) in [4.78, 5) is 38.0. The van der Waals surface area contributed by atoms with E-state index in [0.717, 1.165) is 0 Å². The number of methoxy groups -OCH3 is 1. The van der Waals surface area contributed by atoms with Crippen LogP contribution in [0, 0.1) is 28.1 Å². The van der Waals surface area contributed by atoms with Crippen LogP contribution in [-0.4, -0.2) is 46.7 Å². The van der Waals surface area contributed by atoms with E-state index in [1.807, 2.05) is 13.8 Å². The average Bonchev–Trinajstić information content (AvgIpc) is 3.32. The van der Waals surface area contributed by atoms with E-state index < -0.39 is 57.8 Å². The Bertz CT molecular complexity index is 1080. The minimum Gasteiger partial charge on any atom is -0.472 e. The molecule has 0 aromatic carbocycles. The van der Waals surface area contributed by atoms with Gasteiger partial charge in [-0.1, -0.05) is 40.3 Å². The fourth-order valence-electron chi connectivity index (χ4n) is 7.03. The minimum absolute atomic E-state index is 0.214. The molecule has 2 fully saturated rings. The van der Waals surface area contributed by atoms with E-state index in [1.165, 1.54) is 25.7 Å². The van der Waals surface area contributed by atoms with Crippen LogP contribution < -0.4 is 0 Å². The van der Waals surface area contributed by atoms with E-state index in [4.69, 9.17) is 13.9 Å². The maximum absolute atomic E-state index is 12.9. The first-order valence-electron chi connectivity index (χ1n) is 11.9. The Hall–Kier alpha value is -2.71. The summed E-state index contributed by atoms with van der Waals surface area (Å²) < 4.78 is 15.8. The molecule has 2 aliphatic carbocycles. The molecule has 8 heteroatoms. The molecular weight excluding hydrogens is 452 g/mol. The molecule has 1 aromatic rings. The predicted molar refractivity (Wildman–Crippen MR) is 125 cm³/mol. The van der Waals surface area contributed by atoms with Gasteiger partial charge in [-0.15, -0.1) is 0 Å². The van der Waals surface area contributed by atoms with Crippen LogP contribution in [0.3, 0.4) is 0 Å². The average molecular weight is 487 g/mol. The van der Waals surface area contributed by atoms with Gasteiger partial charge in [0.2, 0.25) is 0 Å². The van der Waals surface area contributed by atoms with Crippen molar-refractivity contribution in [1.82, 2.24) is 0 Å². The summed E-state index contributed by atoms with van der Waals surface area (Å²) in [5.41, 5.74) is -3.45. The summed E-state index contributed by atoms with van der Waals surface area (Å²) in [6, 6.07) is 1.71. The van der Waals surface area contributed by atoms with Crippen molar-refractivity contribution in [2.24, 2.45) is 28.1 Å². The fourth-order valence-corrected chi connectivity index (χ4v) is 7.03. The molecular formula is C27H34O8. The van der Waals surface area contributed by atoms with Crippen LogP contribution >= 0.6 is 0 Å². The van der Waals surface area contributed by atoms with Gasteiger partial charge in [0.05, 0.1) is 26.1 Å². The summed E-state index contributed by atoms with van der Waals surface area (Å²) in [6.45, 7) is 11.4. The van der Waals surface area contributed by atoms with E-state index in [0.29, 0.717) is 24.0 Å². The molecule has 1 aromatic heterocycles. The molecule has 4 rings (SSSR count). The Labute approximate surface area is 205 Å². The Morgan fingerprint density at radius 3 is 2.54 bits per heavy atom. The number of cyclic esters (lactones) is 1. The molecule has 0 radical (unpaired) electrons. The first-order valence-corrected chi connectivity index (χ1v) is 11.9. The smallest absolute Gasteiger partial charge is 0.335 e. The summed E-state index contributed by atoms with van der Waals surface area (Å²) in [7, 11) is 1.19. The molecule has 35 heavy (non-hydrogen) atoms. The number of aliphatic hydroxyl groups is 2. The van der Waals surface area contributed by atoms with Gasteiger partial charge >= 0.3 is 11.9 Å². The van der Waals surface area contributed by atoms with Crippen LogP contribution in [-0.2, 0) is 23.9 Å². The number of furan rings is 1. The Balaban J connectivity index is 1.81. The van der Waals surface area contributed by atoms with Crippen molar-refractivity contribution in [2.45, 2.75) is 64.8 Å². The quantitative estimate of drug-likeness (QED) is 0.491. The predicted octanol–water partition coefficient (Wildman–Crippen LogP) is 3.29. The monoisotopic (exact) mass is 486 g/mol. The van der Waals surface area contributed by atoms with Crippen LogP contribution in [0.2, 0.25) is 0 Å². The molecule has 3 aliphatic rings. The zero-order valence-corrected chi connectivity index (χ0v) is 20.9. The summed E-state index contributed by atoms with van der Waals surface area (Å²) in [6.07, 6.45) is 4.63. The largest absolute Gasteiger partial charge is 0.472 e. The van der Waals surface area contributed by atoms with E-state index >= 15 is 0 Å². The van der Waals surface area contributed by atoms with Crippen LogP contribution in [0.1, 0.15) is 58.6 Å². The summed E-state index contributed by atoms with van der Waals surface area (Å²) in [5.74, 6) is -2.89. The Kier molecular flexibility index (Phi) is 5.92. The van der Waals surface area contributed by atoms with Crippen molar-refractivity contribution in [3.05, 3.63) is 48.5 Å². The number of allylic oxidation sites excluding steroid dienone is 2. The highest BCUT2D eigenvalue weighted by molar-refractivity contribution is 5.96. The summed E-state index contributed by atoms with van der Waals surface area (Å²) >= 11 is 0. The van der Waals surface area contributed by atoms with Gasteiger partial charge in [-0.2, -0.15) is 0 Å². The lowest BCUT2D eigenvalue weighted by Gasteiger charge is -2.61. The molecule has 190 valence electrons. The number of hydrogen-bond acceptors (Lipinski definition) is 8. The van der Waals surface area contributed by atoms with E-state index in [2.05, 4.69) is 6.58 Å². The second kappa shape index (κ2) is 8.17. The van der Waals surface area contributed by atoms with Crippen molar-refractivity contribution in [2.75, 3.05) is 7.11 Å². The molecule has 0 amide bonds. The van der Waals surface area contributed by atoms with E-state index in [-0.39, 0.29) is 12.2 Å². The molecule has 8 nitrogen and oxygen atoms in total. The van der Waals surface area contributed by atoms with Crippen LogP contribution in [0.5, 0.6) is 0 Å². The molecule has 2 heterocycles. The molecule has 1 saturated carbocycles. The van der Waals surface area contributed by atoms with Gasteiger partial charge in [0.15, 0.2) is 11.9 Å². The first kappa shape index (κ1) is 25.4. The highest BCUT2D eigenvalue weighted by atomic mass is 16.6. The molecule has 2 N–H and O–H groups in total. The zero-order chi connectivity index (χ0) is 26.0. The molecule has 7 unspecified atom stereocenters. The standard InChI is InChI=1S/C27H34O8/c1-15-17(25(4)10-8-18(28)24(2,3)21(25)20(30)23(31)33-6)7-11-26(5)22(16-9-12-34-14-16)35-19(29)13-27(15,26)32/h8-10,12,14,17,20-22,30,32H,1,7,11,13H2,2-6H3. The highest BCUT2D eigenvalue weighted by Crippen LogP contribution is 2.65. The topological polar surface area (TPSA) is 123 Å². The molecule has 1 aliphatic heterocycles. The third-order valence-electron chi connectivity index (χ3n) is 9.11. The van der Waals surface area contributed by atoms with Gasteiger partial charge in [-0.3, -0.25) is 9.59 Å². The van der Waals surface area contributed by atoms with Crippen molar-refractivity contribution in [1.29, 1.82) is 0 Å². The summed E-state index contributed by atoms with van der Waals surface area (Å²) in [5, 5.41) is 23.2. The second-order valence-corrected chi connectivity index (χ2v) is 11.2. The van der Waals surface area contributed by atoms with Crippen molar-refractivity contribution in [3.63, 3.8) is 0 Å². The molecule has 0 spiro atoms. The number of ether oxygens (including phenoxy) is 2. The molecule has 1 saturated heterocycles. The van der Waals surface area contributed by atoms with Gasteiger partial charge in [-0.05, 0) is 41.9 Å². The number of esters is 2. The second-order valence-electron chi connectivity index (χ2n) is 11.2. The minimum atomic E-state index is -1.61. The number of carbonyl (C=O) groups is 3. The Morgan fingerprint density at radius 1 is 1.26 bits per heavy atom. The zero-order valence-electron chi connectivity index (χ0n) is 20.9. The van der Waals surface area contributed by atoms with Crippen LogP contribution in [0.25, 0.3) is 0 Å². The lowest BCUT2D eigenvalue weighted by molar-refractivity contribution is -0.216. The van der Waals surface area contributed by atoms with E-state index in [9.17, 15) is 24.6 Å². The maximum Gasteiger partial charge on any atom is 0.335 e. The Morgan fingerprint density at radius 2 is 1.94 bits per heavy atom. The SMILES string of the molecule is C=C1C(C2(C)C=CC(=O)C(C)(C)C2C(O)C(=O)OC)CCC2(C)C(c3ccoc3)OC(=O)CC12O. The third kappa shape index (κ3) is 3.44. The fraction of sp³-hybridized carbons (Fsp3) is 0.593. The molecule has 7 atom stereocenters. The number of carbonyl (C=O) groups excluding carboxylic acids is 3. The molecule has 0 bridgehead atoms. The highest BCUT2D eigenvalue weighted by Gasteiger charge is 2.66. The number of fused-ring (bicyclic) bond motifs is 1.